The van der Waals surface area contributed by atoms with Gasteiger partial charge in [-0.15, -0.1) is 0 Å². The van der Waals surface area contributed by atoms with E-state index in [2.05, 4.69) is 5.32 Å². The quantitative estimate of drug-likeness (QED) is 0.570. The minimum Gasteiger partial charge on any atom is -0.491 e. The molecule has 0 heterocycles. The summed E-state index contributed by atoms with van der Waals surface area (Å²) in [5.41, 5.74) is 1.14. The van der Waals surface area contributed by atoms with Crippen LogP contribution in [0.4, 0.5) is 10.5 Å². The molecule has 0 aliphatic rings. The van der Waals surface area contributed by atoms with Gasteiger partial charge in [-0.2, -0.15) is 0 Å². The zero-order valence-electron chi connectivity index (χ0n) is 15.4. The number of carbonyl (C=O) groups is 2. The Bertz CT molecular complexity index is 806. The second-order valence-electron chi connectivity index (χ2n) is 5.98. The molecule has 0 aromatic heterocycles. The highest BCUT2D eigenvalue weighted by molar-refractivity contribution is 5.84. The Labute approximate surface area is 163 Å². The molecular formula is C21H23NO6. The predicted molar refractivity (Wildman–Crippen MR) is 104 cm³/mol. The number of ether oxygens (including phenoxy) is 2. The van der Waals surface area contributed by atoms with Crippen molar-refractivity contribution < 1.29 is 29.3 Å². The maximum Gasteiger partial charge on any atom is 0.412 e. The number of anilines is 1. The number of amides is 1. The van der Waals surface area contributed by atoms with Crippen molar-refractivity contribution in [1.29, 1.82) is 0 Å². The summed E-state index contributed by atoms with van der Waals surface area (Å²) < 4.78 is 11.2. The highest BCUT2D eigenvalue weighted by Crippen LogP contribution is 2.34. The molecule has 7 nitrogen and oxygen atoms in total. The van der Waals surface area contributed by atoms with Crippen LogP contribution in [0.1, 0.15) is 18.6 Å². The molecule has 3 N–H and O–H groups in total. The molecule has 2 aromatic carbocycles. The fourth-order valence-corrected chi connectivity index (χ4v) is 2.58. The van der Waals surface area contributed by atoms with Crippen molar-refractivity contribution in [2.75, 3.05) is 18.5 Å². The molecule has 28 heavy (non-hydrogen) atoms. The predicted octanol–water partition coefficient (Wildman–Crippen LogP) is 3.62. The fraction of sp³-hybridized carbons (Fsp3) is 0.238. The number of hydrogen-bond acceptors (Lipinski definition) is 5. The summed E-state index contributed by atoms with van der Waals surface area (Å²) in [5, 5.41) is 20.6. The van der Waals surface area contributed by atoms with Crippen molar-refractivity contribution in [2.24, 2.45) is 5.92 Å². The first kappa shape index (κ1) is 21.0. The van der Waals surface area contributed by atoms with Crippen LogP contribution in [0.3, 0.4) is 0 Å². The molecule has 0 aliphatic heterocycles. The molecular weight excluding hydrogens is 362 g/mol. The number of carboxylic acid groups (broad SMARTS) is 1. The summed E-state index contributed by atoms with van der Waals surface area (Å²) in [7, 11) is 0. The number of rotatable bonds is 9. The molecule has 1 amide bonds. The molecule has 7 heteroatoms. The van der Waals surface area contributed by atoms with Crippen molar-refractivity contribution >= 4 is 17.7 Å². The van der Waals surface area contributed by atoms with Crippen LogP contribution in [0, 0.1) is 5.92 Å². The Hall–Kier alpha value is -3.32. The van der Waals surface area contributed by atoms with Crippen LogP contribution >= 0.6 is 0 Å². The van der Waals surface area contributed by atoms with E-state index >= 15 is 0 Å². The summed E-state index contributed by atoms with van der Waals surface area (Å²) in [6, 6.07) is 15.8. The maximum absolute atomic E-state index is 12.4. The van der Waals surface area contributed by atoms with Gasteiger partial charge in [0.25, 0.3) is 0 Å². The van der Waals surface area contributed by atoms with Crippen molar-refractivity contribution in [3.8, 4) is 5.75 Å². The number of benzene rings is 2. The van der Waals surface area contributed by atoms with E-state index in [0.29, 0.717) is 17.0 Å². The number of carbonyl (C=O) groups excluding carboxylic acids is 1. The Morgan fingerprint density at radius 2 is 1.79 bits per heavy atom. The number of aliphatic hydroxyl groups is 1. The van der Waals surface area contributed by atoms with E-state index < -0.39 is 24.1 Å². The lowest BCUT2D eigenvalue weighted by molar-refractivity contribution is -0.131. The molecule has 2 rings (SSSR count). The minimum atomic E-state index is -1.09. The smallest absolute Gasteiger partial charge is 0.412 e. The molecule has 0 bridgehead atoms. The Balaban J connectivity index is 2.27. The third-order valence-electron chi connectivity index (χ3n) is 3.85. The first-order valence-corrected chi connectivity index (χ1v) is 8.77. The molecule has 0 aliphatic carbocycles. The summed E-state index contributed by atoms with van der Waals surface area (Å²) in [4.78, 5) is 23.3. The SMILES string of the molecule is C[C@H](/C=C/C(=O)O)[C@H](OC(=O)Nc1ccccc1)c1ccccc1OCCO. The largest absolute Gasteiger partial charge is 0.491 e. The van der Waals surface area contributed by atoms with Gasteiger partial charge in [-0.3, -0.25) is 5.32 Å². The van der Waals surface area contributed by atoms with Gasteiger partial charge in [-0.25, -0.2) is 9.59 Å². The van der Waals surface area contributed by atoms with Gasteiger partial charge in [0, 0.05) is 23.2 Å². The monoisotopic (exact) mass is 385 g/mol. The van der Waals surface area contributed by atoms with E-state index in [0.717, 1.165) is 6.08 Å². The lowest BCUT2D eigenvalue weighted by Gasteiger charge is -2.24. The lowest BCUT2D eigenvalue weighted by Crippen LogP contribution is -2.22. The van der Waals surface area contributed by atoms with Gasteiger partial charge in [0.05, 0.1) is 6.61 Å². The van der Waals surface area contributed by atoms with E-state index in [1.807, 2.05) is 6.07 Å². The third-order valence-corrected chi connectivity index (χ3v) is 3.85. The van der Waals surface area contributed by atoms with E-state index in [1.165, 1.54) is 6.08 Å². The van der Waals surface area contributed by atoms with Crippen LogP contribution in [-0.4, -0.2) is 35.5 Å². The van der Waals surface area contributed by atoms with Crippen LogP contribution in [0.5, 0.6) is 5.75 Å². The first-order valence-electron chi connectivity index (χ1n) is 8.77. The topological polar surface area (TPSA) is 105 Å². The van der Waals surface area contributed by atoms with Crippen molar-refractivity contribution in [1.82, 2.24) is 0 Å². The van der Waals surface area contributed by atoms with Crippen LogP contribution < -0.4 is 10.1 Å². The van der Waals surface area contributed by atoms with Crippen LogP contribution in [0.15, 0.2) is 66.7 Å². The maximum atomic E-state index is 12.4. The number of para-hydroxylation sites is 2. The highest BCUT2D eigenvalue weighted by Gasteiger charge is 2.25. The average molecular weight is 385 g/mol. The van der Waals surface area contributed by atoms with Gasteiger partial charge in [0.15, 0.2) is 0 Å². The van der Waals surface area contributed by atoms with Gasteiger partial charge in [-0.05, 0) is 18.2 Å². The number of nitrogens with one attached hydrogen (secondary N) is 1. The van der Waals surface area contributed by atoms with E-state index in [-0.39, 0.29) is 13.2 Å². The van der Waals surface area contributed by atoms with Crippen LogP contribution in [0.2, 0.25) is 0 Å². The van der Waals surface area contributed by atoms with Gasteiger partial charge in [0.2, 0.25) is 0 Å². The number of carboxylic acids is 1. The van der Waals surface area contributed by atoms with Crippen molar-refractivity contribution in [3.05, 3.63) is 72.3 Å². The first-order chi connectivity index (χ1) is 13.5. The van der Waals surface area contributed by atoms with Crippen molar-refractivity contribution in [2.45, 2.75) is 13.0 Å². The Morgan fingerprint density at radius 3 is 2.46 bits per heavy atom. The zero-order valence-corrected chi connectivity index (χ0v) is 15.4. The molecule has 0 saturated carbocycles. The summed E-state index contributed by atoms with van der Waals surface area (Å²) in [6.07, 6.45) is 0.983. The zero-order chi connectivity index (χ0) is 20.4. The van der Waals surface area contributed by atoms with E-state index in [9.17, 15) is 9.59 Å². The number of aliphatic carboxylic acids is 1. The van der Waals surface area contributed by atoms with Crippen LogP contribution in [-0.2, 0) is 9.53 Å². The Kier molecular flexibility index (Phi) is 8.05. The normalized spacial score (nSPS) is 12.9. The Morgan fingerprint density at radius 1 is 1.11 bits per heavy atom. The molecule has 0 unspecified atom stereocenters. The van der Waals surface area contributed by atoms with E-state index in [1.54, 1.807) is 55.5 Å². The second kappa shape index (κ2) is 10.7. The third kappa shape index (κ3) is 6.44. The summed E-state index contributed by atoms with van der Waals surface area (Å²) in [5.74, 6) is -1.09. The standard InChI is InChI=1S/C21H23NO6/c1-15(11-12-19(24)25)20(17-9-5-6-10-18(17)27-14-13-23)28-21(26)22-16-7-3-2-4-8-16/h2-12,15,20,23H,13-14H2,1H3,(H,22,26)(H,24,25)/b12-11+/t15-,20+/m1/s1. The van der Waals surface area contributed by atoms with Gasteiger partial charge in [0.1, 0.15) is 18.5 Å². The number of hydrogen-bond donors (Lipinski definition) is 3. The fourth-order valence-electron chi connectivity index (χ4n) is 2.58. The highest BCUT2D eigenvalue weighted by atomic mass is 16.6. The molecule has 2 aromatic rings. The van der Waals surface area contributed by atoms with Gasteiger partial charge >= 0.3 is 12.1 Å². The second-order valence-corrected chi connectivity index (χ2v) is 5.98. The summed E-state index contributed by atoms with van der Waals surface area (Å²) >= 11 is 0. The molecule has 0 spiro atoms. The molecule has 2 atom stereocenters. The summed E-state index contributed by atoms with van der Waals surface area (Å²) in [6.45, 7) is 1.66. The van der Waals surface area contributed by atoms with Crippen molar-refractivity contribution in [3.63, 3.8) is 0 Å². The molecule has 148 valence electrons. The van der Waals surface area contributed by atoms with Gasteiger partial charge < -0.3 is 19.7 Å². The average Bonchev–Trinajstić information content (AvgIpc) is 2.69. The number of aliphatic hydroxyl groups excluding tert-OH is 1. The van der Waals surface area contributed by atoms with E-state index in [4.69, 9.17) is 19.7 Å². The minimum absolute atomic E-state index is 0.0826. The molecule has 0 saturated heterocycles. The van der Waals surface area contributed by atoms with Gasteiger partial charge in [-0.1, -0.05) is 49.4 Å². The van der Waals surface area contributed by atoms with Crippen LogP contribution in [0.25, 0.3) is 0 Å². The lowest BCUT2D eigenvalue weighted by atomic mass is 9.96. The molecule has 0 fully saturated rings. The molecule has 0 radical (unpaired) electrons.